The fraction of sp³-hybridized carbons (Fsp3) is 0.136. The first kappa shape index (κ1) is 19.2. The Kier molecular flexibility index (Phi) is 5.83. The summed E-state index contributed by atoms with van der Waals surface area (Å²) < 4.78 is 5.34. The first-order chi connectivity index (χ1) is 13.6. The van der Waals surface area contributed by atoms with Crippen molar-refractivity contribution in [1.82, 2.24) is 10.3 Å². The molecule has 6 heteroatoms. The monoisotopic (exact) mass is 428 g/mol. The zero-order valence-corrected chi connectivity index (χ0v) is 17.5. The topological polar surface area (TPSA) is 34.1 Å². The summed E-state index contributed by atoms with van der Waals surface area (Å²) in [6.07, 6.45) is 0. The van der Waals surface area contributed by atoms with Crippen LogP contribution in [0, 0.1) is 0 Å². The zero-order chi connectivity index (χ0) is 19.5. The highest BCUT2D eigenvalue weighted by atomic mass is 35.5. The van der Waals surface area contributed by atoms with Crippen molar-refractivity contribution >= 4 is 45.4 Å². The molecule has 2 aromatic heterocycles. The maximum absolute atomic E-state index is 6.11. The highest BCUT2D eigenvalue weighted by molar-refractivity contribution is 7.08. The lowest BCUT2D eigenvalue weighted by Crippen LogP contribution is -2.14. The highest BCUT2D eigenvalue weighted by Gasteiger charge is 2.11. The van der Waals surface area contributed by atoms with E-state index in [1.165, 1.54) is 0 Å². The van der Waals surface area contributed by atoms with Crippen molar-refractivity contribution in [2.45, 2.75) is 13.1 Å². The Morgan fingerprint density at radius 3 is 2.64 bits per heavy atom. The van der Waals surface area contributed by atoms with Crippen LogP contribution in [0.2, 0.25) is 10.0 Å². The number of thiophene rings is 1. The van der Waals surface area contributed by atoms with Gasteiger partial charge in [-0.1, -0.05) is 29.3 Å². The molecule has 0 bridgehead atoms. The molecule has 0 saturated carbocycles. The number of hydrogen-bond donors (Lipinski definition) is 1. The van der Waals surface area contributed by atoms with Gasteiger partial charge < -0.3 is 10.1 Å². The number of ether oxygens (including phenoxy) is 1. The molecule has 0 atom stereocenters. The van der Waals surface area contributed by atoms with Gasteiger partial charge in [0, 0.05) is 35.5 Å². The van der Waals surface area contributed by atoms with E-state index < -0.39 is 0 Å². The van der Waals surface area contributed by atoms with Gasteiger partial charge in [-0.2, -0.15) is 11.3 Å². The van der Waals surface area contributed by atoms with Crippen LogP contribution < -0.4 is 10.1 Å². The Morgan fingerprint density at radius 1 is 1.00 bits per heavy atom. The minimum atomic E-state index is 0.569. The summed E-state index contributed by atoms with van der Waals surface area (Å²) in [6.45, 7) is 1.39. The molecular formula is C22H18Cl2N2OS. The van der Waals surface area contributed by atoms with E-state index in [0.29, 0.717) is 23.1 Å². The molecule has 4 aromatic rings. The van der Waals surface area contributed by atoms with Gasteiger partial charge in [-0.15, -0.1) is 0 Å². The second-order valence-electron chi connectivity index (χ2n) is 6.42. The summed E-state index contributed by atoms with van der Waals surface area (Å²) in [7, 11) is 1.67. The van der Waals surface area contributed by atoms with Gasteiger partial charge >= 0.3 is 0 Å². The molecule has 2 heterocycles. The van der Waals surface area contributed by atoms with Crippen LogP contribution in [0.4, 0.5) is 0 Å². The van der Waals surface area contributed by atoms with Crippen LogP contribution in [0.1, 0.15) is 11.1 Å². The van der Waals surface area contributed by atoms with Crippen molar-refractivity contribution in [3.05, 3.63) is 80.5 Å². The smallest absolute Gasteiger partial charge is 0.121 e. The number of hydrogen-bond acceptors (Lipinski definition) is 4. The van der Waals surface area contributed by atoms with Crippen molar-refractivity contribution in [3.8, 4) is 17.0 Å². The average molecular weight is 429 g/mol. The van der Waals surface area contributed by atoms with Gasteiger partial charge in [-0.05, 0) is 52.9 Å². The lowest BCUT2D eigenvalue weighted by atomic mass is 10.0. The van der Waals surface area contributed by atoms with E-state index in [2.05, 4.69) is 28.2 Å². The van der Waals surface area contributed by atoms with E-state index in [9.17, 15) is 0 Å². The van der Waals surface area contributed by atoms with Crippen molar-refractivity contribution < 1.29 is 4.74 Å². The number of pyridine rings is 1. The van der Waals surface area contributed by atoms with Crippen LogP contribution in [0.3, 0.4) is 0 Å². The number of benzene rings is 2. The number of nitrogens with zero attached hydrogens (tertiary/aromatic N) is 1. The first-order valence-corrected chi connectivity index (χ1v) is 10.5. The van der Waals surface area contributed by atoms with Gasteiger partial charge in [0.15, 0.2) is 0 Å². The van der Waals surface area contributed by atoms with E-state index in [4.69, 9.17) is 32.9 Å². The quantitative estimate of drug-likeness (QED) is 0.377. The molecule has 3 nitrogen and oxygen atoms in total. The van der Waals surface area contributed by atoms with Crippen LogP contribution in [0.5, 0.6) is 5.75 Å². The maximum Gasteiger partial charge on any atom is 0.121 e. The minimum absolute atomic E-state index is 0.569. The molecular weight excluding hydrogens is 411 g/mol. The van der Waals surface area contributed by atoms with Crippen LogP contribution in [-0.4, -0.2) is 12.1 Å². The lowest BCUT2D eigenvalue weighted by molar-refractivity contribution is 0.415. The van der Waals surface area contributed by atoms with Gasteiger partial charge in [-0.3, -0.25) is 0 Å². The van der Waals surface area contributed by atoms with Crippen molar-refractivity contribution in [2.24, 2.45) is 0 Å². The first-order valence-electron chi connectivity index (χ1n) is 8.79. The molecule has 0 fully saturated rings. The normalized spacial score (nSPS) is 11.1. The number of fused-ring (bicyclic) bond motifs is 1. The molecule has 0 unspecified atom stereocenters. The Labute approximate surface area is 177 Å². The molecule has 0 radical (unpaired) electrons. The standard InChI is InChI=1S/C22H18Cl2N2OS/c1-27-18-4-3-15-9-17(12-25-11-14-2-5-19(23)20(24)8-14)22(26-21(15)10-18)16-6-7-28-13-16/h2-10,13,25H,11-12H2,1H3. The minimum Gasteiger partial charge on any atom is -0.497 e. The fourth-order valence-corrected chi connectivity index (χ4v) is 4.05. The number of rotatable bonds is 6. The number of halogens is 2. The Morgan fingerprint density at radius 2 is 1.89 bits per heavy atom. The molecule has 28 heavy (non-hydrogen) atoms. The van der Waals surface area contributed by atoms with E-state index in [0.717, 1.165) is 39.0 Å². The van der Waals surface area contributed by atoms with Gasteiger partial charge in [0.05, 0.1) is 28.4 Å². The predicted octanol–water partition coefficient (Wildman–Crippen LogP) is 6.57. The Balaban J connectivity index is 1.62. The van der Waals surface area contributed by atoms with E-state index >= 15 is 0 Å². The fourth-order valence-electron chi connectivity index (χ4n) is 3.09. The number of aromatic nitrogens is 1. The molecule has 0 aliphatic heterocycles. The van der Waals surface area contributed by atoms with E-state index in [1.54, 1.807) is 18.4 Å². The molecule has 0 saturated heterocycles. The highest BCUT2D eigenvalue weighted by Crippen LogP contribution is 2.29. The summed E-state index contributed by atoms with van der Waals surface area (Å²) in [5.74, 6) is 0.807. The zero-order valence-electron chi connectivity index (χ0n) is 15.2. The Hall–Kier alpha value is -2.11. The molecule has 0 spiro atoms. The third-order valence-electron chi connectivity index (χ3n) is 4.53. The summed E-state index contributed by atoms with van der Waals surface area (Å²) in [6, 6.07) is 16.0. The van der Waals surface area contributed by atoms with E-state index in [-0.39, 0.29) is 0 Å². The third kappa shape index (κ3) is 4.15. The number of nitrogens with one attached hydrogen (secondary N) is 1. The molecule has 0 aliphatic rings. The summed E-state index contributed by atoms with van der Waals surface area (Å²) in [5.41, 5.74) is 5.28. The van der Waals surface area contributed by atoms with Gasteiger partial charge in [0.1, 0.15) is 5.75 Å². The number of methoxy groups -OCH3 is 1. The summed E-state index contributed by atoms with van der Waals surface area (Å²) in [4.78, 5) is 4.93. The maximum atomic E-state index is 6.11. The molecule has 4 rings (SSSR count). The van der Waals surface area contributed by atoms with Gasteiger partial charge in [0.25, 0.3) is 0 Å². The van der Waals surface area contributed by atoms with Gasteiger partial charge in [0.2, 0.25) is 0 Å². The second kappa shape index (κ2) is 8.50. The molecule has 2 aromatic carbocycles. The molecule has 0 amide bonds. The van der Waals surface area contributed by atoms with Crippen LogP contribution in [-0.2, 0) is 13.1 Å². The molecule has 1 N–H and O–H groups in total. The summed E-state index contributed by atoms with van der Waals surface area (Å²) >= 11 is 13.8. The SMILES string of the molecule is COc1ccc2cc(CNCc3ccc(Cl)c(Cl)c3)c(-c3ccsc3)nc2c1. The largest absolute Gasteiger partial charge is 0.497 e. The lowest BCUT2D eigenvalue weighted by Gasteiger charge is -2.12. The second-order valence-corrected chi connectivity index (χ2v) is 8.01. The van der Waals surface area contributed by atoms with Crippen LogP contribution in [0.25, 0.3) is 22.2 Å². The predicted molar refractivity (Wildman–Crippen MR) is 119 cm³/mol. The third-order valence-corrected chi connectivity index (χ3v) is 5.95. The molecule has 0 aliphatic carbocycles. The van der Waals surface area contributed by atoms with Crippen LogP contribution in [0.15, 0.2) is 59.3 Å². The van der Waals surface area contributed by atoms with Crippen molar-refractivity contribution in [3.63, 3.8) is 0 Å². The average Bonchev–Trinajstić information content (AvgIpc) is 3.24. The van der Waals surface area contributed by atoms with Crippen LogP contribution >= 0.6 is 34.5 Å². The van der Waals surface area contributed by atoms with E-state index in [1.807, 2.05) is 36.4 Å². The molecule has 142 valence electrons. The van der Waals surface area contributed by atoms with Gasteiger partial charge in [-0.25, -0.2) is 4.98 Å². The Bertz CT molecular complexity index is 1110. The van der Waals surface area contributed by atoms with Crippen molar-refractivity contribution in [2.75, 3.05) is 7.11 Å². The summed E-state index contributed by atoms with van der Waals surface area (Å²) in [5, 5.41) is 9.91. The van der Waals surface area contributed by atoms with Crippen molar-refractivity contribution in [1.29, 1.82) is 0 Å².